The van der Waals surface area contributed by atoms with Crippen LogP contribution in [-0.2, 0) is 4.79 Å². The van der Waals surface area contributed by atoms with E-state index in [1.54, 1.807) is 30.7 Å². The maximum absolute atomic E-state index is 12.9. The van der Waals surface area contributed by atoms with Gasteiger partial charge in [0.15, 0.2) is 5.82 Å². The lowest BCUT2D eigenvalue weighted by Crippen LogP contribution is -2.14. The Bertz CT molecular complexity index is 1510. The van der Waals surface area contributed by atoms with Crippen LogP contribution in [0.15, 0.2) is 67.1 Å². The summed E-state index contributed by atoms with van der Waals surface area (Å²) in [7, 11) is 0. The fourth-order valence-corrected chi connectivity index (χ4v) is 4.23. The van der Waals surface area contributed by atoms with E-state index in [4.69, 9.17) is 4.98 Å². The van der Waals surface area contributed by atoms with Gasteiger partial charge in [-0.05, 0) is 80.6 Å². The molecule has 0 atom stereocenters. The summed E-state index contributed by atoms with van der Waals surface area (Å²) in [6, 6.07) is 14.9. The molecule has 0 bridgehead atoms. The van der Waals surface area contributed by atoms with Gasteiger partial charge in [-0.3, -0.25) is 14.6 Å². The number of aryl methyl sites for hydroxylation is 1. The number of amides is 2. The van der Waals surface area contributed by atoms with Crippen molar-refractivity contribution in [2.75, 3.05) is 10.6 Å². The quantitative estimate of drug-likeness (QED) is 0.360. The lowest BCUT2D eigenvalue weighted by atomic mass is 10.0. The Hall–Kier alpha value is -4.46. The monoisotopic (exact) mass is 490 g/mol. The molecular formula is C29H26N6O2. The minimum atomic E-state index is -0.167. The molecule has 0 unspecified atom stereocenters. The van der Waals surface area contributed by atoms with Gasteiger partial charge >= 0.3 is 0 Å². The lowest BCUT2D eigenvalue weighted by Gasteiger charge is -2.11. The van der Waals surface area contributed by atoms with E-state index in [-0.39, 0.29) is 17.7 Å². The number of rotatable bonds is 7. The Labute approximate surface area is 214 Å². The third kappa shape index (κ3) is 5.23. The van der Waals surface area contributed by atoms with Crippen molar-refractivity contribution in [3.05, 3.63) is 83.9 Å². The average Bonchev–Trinajstić information content (AvgIpc) is 3.83. The molecule has 6 rings (SSSR count). The molecule has 2 saturated carbocycles. The van der Waals surface area contributed by atoms with E-state index in [9.17, 15) is 9.59 Å². The van der Waals surface area contributed by atoms with E-state index in [1.165, 1.54) is 0 Å². The summed E-state index contributed by atoms with van der Waals surface area (Å²) in [5.74, 6) is 1.44. The minimum absolute atomic E-state index is 0.00401. The Balaban J connectivity index is 1.24. The summed E-state index contributed by atoms with van der Waals surface area (Å²) in [6.45, 7) is 2.01. The van der Waals surface area contributed by atoms with Crippen LogP contribution in [0.5, 0.6) is 0 Å². The first-order chi connectivity index (χ1) is 18.0. The maximum atomic E-state index is 12.9. The van der Waals surface area contributed by atoms with Crippen LogP contribution < -0.4 is 10.6 Å². The van der Waals surface area contributed by atoms with Crippen LogP contribution in [0.25, 0.3) is 22.6 Å². The van der Waals surface area contributed by atoms with Gasteiger partial charge in [0.25, 0.3) is 5.91 Å². The Morgan fingerprint density at radius 3 is 2.46 bits per heavy atom. The summed E-state index contributed by atoms with van der Waals surface area (Å²) < 4.78 is 0. The van der Waals surface area contributed by atoms with Crippen molar-refractivity contribution in [1.82, 2.24) is 19.9 Å². The van der Waals surface area contributed by atoms with E-state index in [1.807, 2.05) is 43.3 Å². The van der Waals surface area contributed by atoms with Gasteiger partial charge in [0.1, 0.15) is 5.82 Å². The summed E-state index contributed by atoms with van der Waals surface area (Å²) in [6.07, 6.45) is 9.18. The summed E-state index contributed by atoms with van der Waals surface area (Å²) in [5.41, 5.74) is 5.68. The molecule has 3 heterocycles. The van der Waals surface area contributed by atoms with E-state index in [0.717, 1.165) is 53.8 Å². The Morgan fingerprint density at radius 2 is 1.65 bits per heavy atom. The smallest absolute Gasteiger partial charge is 0.255 e. The maximum Gasteiger partial charge on any atom is 0.255 e. The van der Waals surface area contributed by atoms with Crippen LogP contribution in [0.1, 0.15) is 53.2 Å². The van der Waals surface area contributed by atoms with Crippen molar-refractivity contribution in [3.8, 4) is 22.6 Å². The van der Waals surface area contributed by atoms with Crippen LogP contribution in [0.3, 0.4) is 0 Å². The predicted octanol–water partition coefficient (Wildman–Crippen LogP) is 5.39. The number of carbonyl (C=O) groups excluding carboxylic acids is 2. The molecule has 1 aromatic carbocycles. The second-order valence-electron chi connectivity index (χ2n) is 9.69. The number of hydrogen-bond acceptors (Lipinski definition) is 6. The lowest BCUT2D eigenvalue weighted by molar-refractivity contribution is -0.117. The van der Waals surface area contributed by atoms with E-state index in [0.29, 0.717) is 28.8 Å². The highest BCUT2D eigenvalue weighted by molar-refractivity contribution is 6.04. The molecule has 8 nitrogen and oxygen atoms in total. The molecule has 8 heteroatoms. The van der Waals surface area contributed by atoms with Crippen molar-refractivity contribution in [1.29, 1.82) is 0 Å². The van der Waals surface area contributed by atoms with Gasteiger partial charge in [-0.15, -0.1) is 0 Å². The zero-order chi connectivity index (χ0) is 25.4. The molecule has 2 aliphatic carbocycles. The zero-order valence-electron chi connectivity index (χ0n) is 20.4. The summed E-state index contributed by atoms with van der Waals surface area (Å²) in [5, 5.41) is 5.88. The SMILES string of the molecule is Cc1ccc(NC(=O)c2ccnc(C3CC3)c2)cc1-c1ccnc(-c2ccnc(NC(=O)C3CC3)c2)n1. The van der Waals surface area contributed by atoms with Gasteiger partial charge in [-0.25, -0.2) is 15.0 Å². The average molecular weight is 491 g/mol. The van der Waals surface area contributed by atoms with Crippen LogP contribution >= 0.6 is 0 Å². The first-order valence-electron chi connectivity index (χ1n) is 12.5. The molecule has 2 aliphatic rings. The fourth-order valence-electron chi connectivity index (χ4n) is 4.23. The Kier molecular flexibility index (Phi) is 5.92. The van der Waals surface area contributed by atoms with Gasteiger partial charge < -0.3 is 10.6 Å². The molecule has 0 spiro atoms. The molecule has 4 aromatic rings. The number of anilines is 2. The highest BCUT2D eigenvalue weighted by Crippen LogP contribution is 2.39. The van der Waals surface area contributed by atoms with Gasteiger partial charge in [-0.1, -0.05) is 6.07 Å². The van der Waals surface area contributed by atoms with Crippen molar-refractivity contribution in [2.24, 2.45) is 5.92 Å². The first kappa shape index (κ1) is 23.0. The molecule has 3 aromatic heterocycles. The molecule has 2 N–H and O–H groups in total. The number of pyridine rings is 2. The van der Waals surface area contributed by atoms with Crippen molar-refractivity contribution in [2.45, 2.75) is 38.5 Å². The van der Waals surface area contributed by atoms with E-state index < -0.39 is 0 Å². The Morgan fingerprint density at radius 1 is 0.838 bits per heavy atom. The number of nitrogens with zero attached hydrogens (tertiary/aromatic N) is 4. The van der Waals surface area contributed by atoms with Gasteiger partial charge in [0, 0.05) is 58.5 Å². The number of hydrogen-bond donors (Lipinski definition) is 2. The summed E-state index contributed by atoms with van der Waals surface area (Å²) in [4.78, 5) is 43.0. The highest BCUT2D eigenvalue weighted by atomic mass is 16.2. The molecule has 37 heavy (non-hydrogen) atoms. The number of nitrogens with one attached hydrogen (secondary N) is 2. The van der Waals surface area contributed by atoms with Crippen LogP contribution in [0.4, 0.5) is 11.5 Å². The molecular weight excluding hydrogens is 464 g/mol. The highest BCUT2D eigenvalue weighted by Gasteiger charge is 2.30. The number of benzene rings is 1. The topological polar surface area (TPSA) is 110 Å². The summed E-state index contributed by atoms with van der Waals surface area (Å²) >= 11 is 0. The number of aromatic nitrogens is 4. The third-order valence-electron chi connectivity index (χ3n) is 6.68. The molecule has 0 saturated heterocycles. The largest absolute Gasteiger partial charge is 0.322 e. The van der Waals surface area contributed by atoms with Gasteiger partial charge in [0.05, 0.1) is 5.69 Å². The van der Waals surface area contributed by atoms with Crippen LogP contribution in [0.2, 0.25) is 0 Å². The standard InChI is InChI=1S/C29H26N6O2/c1-17-2-7-22(33-29(37)21-9-11-30-25(14-21)18-3-4-18)16-23(17)24-10-13-32-27(34-24)20-8-12-31-26(15-20)35-28(36)19-5-6-19/h2,7-16,18-19H,3-6H2,1H3,(H,33,37)(H,31,35,36). The second kappa shape index (κ2) is 9.54. The molecule has 184 valence electrons. The molecule has 0 radical (unpaired) electrons. The fraction of sp³-hybridized carbons (Fsp3) is 0.241. The zero-order valence-corrected chi connectivity index (χ0v) is 20.4. The minimum Gasteiger partial charge on any atom is -0.322 e. The second-order valence-corrected chi connectivity index (χ2v) is 9.69. The van der Waals surface area contributed by atoms with E-state index in [2.05, 4.69) is 25.6 Å². The molecule has 0 aliphatic heterocycles. The first-order valence-corrected chi connectivity index (χ1v) is 12.5. The van der Waals surface area contributed by atoms with Crippen molar-refractivity contribution in [3.63, 3.8) is 0 Å². The van der Waals surface area contributed by atoms with E-state index >= 15 is 0 Å². The third-order valence-corrected chi connectivity index (χ3v) is 6.68. The van der Waals surface area contributed by atoms with Gasteiger partial charge in [0.2, 0.25) is 5.91 Å². The van der Waals surface area contributed by atoms with Gasteiger partial charge in [-0.2, -0.15) is 0 Å². The predicted molar refractivity (Wildman–Crippen MR) is 141 cm³/mol. The molecule has 2 amide bonds. The normalized spacial score (nSPS) is 14.7. The van der Waals surface area contributed by atoms with Crippen molar-refractivity contribution < 1.29 is 9.59 Å². The number of carbonyl (C=O) groups is 2. The van der Waals surface area contributed by atoms with Crippen molar-refractivity contribution >= 4 is 23.3 Å². The van der Waals surface area contributed by atoms with Crippen LogP contribution in [-0.4, -0.2) is 31.8 Å². The van der Waals surface area contributed by atoms with Crippen LogP contribution in [0, 0.1) is 12.8 Å². The molecule has 2 fully saturated rings.